The van der Waals surface area contributed by atoms with Crippen LogP contribution in [0.1, 0.15) is 12.0 Å². The maximum atomic E-state index is 5.60. The molecule has 94 valence electrons. The van der Waals surface area contributed by atoms with Crippen molar-refractivity contribution in [1.29, 1.82) is 0 Å². The second kappa shape index (κ2) is 6.12. The first-order valence-electron chi connectivity index (χ1n) is 6.13. The maximum Gasteiger partial charge on any atom is 0.229 e. The van der Waals surface area contributed by atoms with E-state index in [0.29, 0.717) is 6.54 Å². The molecule has 0 unspecified atom stereocenters. The van der Waals surface area contributed by atoms with Crippen molar-refractivity contribution in [3.63, 3.8) is 0 Å². The molecule has 4 nitrogen and oxygen atoms in total. The third-order valence-electron chi connectivity index (χ3n) is 2.79. The molecule has 0 bridgehead atoms. The summed E-state index contributed by atoms with van der Waals surface area (Å²) < 4.78 is 0. The lowest BCUT2D eigenvalue weighted by Crippen LogP contribution is -2.23. The van der Waals surface area contributed by atoms with Crippen LogP contribution in [0.3, 0.4) is 0 Å². The van der Waals surface area contributed by atoms with Crippen LogP contribution >= 0.6 is 0 Å². The molecule has 0 amide bonds. The van der Waals surface area contributed by atoms with Crippen molar-refractivity contribution >= 4 is 11.6 Å². The van der Waals surface area contributed by atoms with Gasteiger partial charge in [0.2, 0.25) is 5.95 Å². The Morgan fingerprint density at radius 1 is 1.11 bits per heavy atom. The first-order valence-corrected chi connectivity index (χ1v) is 6.13. The Hall–Kier alpha value is -1.94. The zero-order valence-corrected chi connectivity index (χ0v) is 10.6. The fourth-order valence-electron chi connectivity index (χ4n) is 1.87. The van der Waals surface area contributed by atoms with Gasteiger partial charge in [-0.05, 0) is 37.6 Å². The van der Waals surface area contributed by atoms with E-state index in [-0.39, 0.29) is 0 Å². The molecule has 1 aromatic heterocycles. The van der Waals surface area contributed by atoms with Crippen LogP contribution in [0, 0.1) is 6.92 Å². The number of anilines is 2. The maximum absolute atomic E-state index is 5.60. The zero-order valence-electron chi connectivity index (χ0n) is 10.6. The highest BCUT2D eigenvalue weighted by Gasteiger charge is 2.12. The molecule has 1 heterocycles. The van der Waals surface area contributed by atoms with Crippen LogP contribution in [0.4, 0.5) is 11.6 Å². The molecule has 18 heavy (non-hydrogen) atoms. The molecule has 2 N–H and O–H groups in total. The van der Waals surface area contributed by atoms with Crippen molar-refractivity contribution in [3.05, 3.63) is 48.3 Å². The Kier molecular flexibility index (Phi) is 4.25. The highest BCUT2D eigenvalue weighted by atomic mass is 15.2. The fourth-order valence-corrected chi connectivity index (χ4v) is 1.87. The van der Waals surface area contributed by atoms with Gasteiger partial charge in [-0.3, -0.25) is 0 Å². The van der Waals surface area contributed by atoms with Gasteiger partial charge in [0, 0.05) is 24.6 Å². The molecule has 0 saturated carbocycles. The second-order valence-corrected chi connectivity index (χ2v) is 4.13. The summed E-state index contributed by atoms with van der Waals surface area (Å²) >= 11 is 0. The van der Waals surface area contributed by atoms with Crippen LogP contribution in [0.15, 0.2) is 42.7 Å². The van der Waals surface area contributed by atoms with Crippen molar-refractivity contribution < 1.29 is 0 Å². The standard InChI is InChI=1S/C14H18N4/c1-12-6-2-3-7-13(12)18(11-4-8-15)14-16-9-5-10-17-14/h2-3,5-7,9-10H,4,8,11,15H2,1H3. The Balaban J connectivity index is 2.34. The predicted molar refractivity (Wildman–Crippen MR) is 73.9 cm³/mol. The van der Waals surface area contributed by atoms with Gasteiger partial charge in [0.1, 0.15) is 0 Å². The Morgan fingerprint density at radius 2 is 1.83 bits per heavy atom. The molecule has 0 spiro atoms. The average Bonchev–Trinajstić information content (AvgIpc) is 2.42. The van der Waals surface area contributed by atoms with E-state index in [1.807, 2.05) is 18.2 Å². The highest BCUT2D eigenvalue weighted by Crippen LogP contribution is 2.25. The molecule has 0 aliphatic rings. The number of aryl methyl sites for hydroxylation is 1. The quantitative estimate of drug-likeness (QED) is 0.874. The third-order valence-corrected chi connectivity index (χ3v) is 2.79. The summed E-state index contributed by atoms with van der Waals surface area (Å²) in [5.41, 5.74) is 7.95. The number of para-hydroxylation sites is 1. The molecule has 0 radical (unpaired) electrons. The number of hydrogen-bond acceptors (Lipinski definition) is 4. The normalized spacial score (nSPS) is 10.3. The fraction of sp³-hybridized carbons (Fsp3) is 0.286. The summed E-state index contributed by atoms with van der Waals surface area (Å²) in [7, 11) is 0. The van der Waals surface area contributed by atoms with Crippen LogP contribution in [-0.2, 0) is 0 Å². The molecular formula is C14H18N4. The van der Waals surface area contributed by atoms with Gasteiger partial charge in [-0.25, -0.2) is 9.97 Å². The molecule has 0 aliphatic carbocycles. The number of rotatable bonds is 5. The Bertz CT molecular complexity index is 484. The topological polar surface area (TPSA) is 55.0 Å². The van der Waals surface area contributed by atoms with Gasteiger partial charge in [-0.15, -0.1) is 0 Å². The number of benzene rings is 1. The number of aromatic nitrogens is 2. The molecular weight excluding hydrogens is 224 g/mol. The lowest BCUT2D eigenvalue weighted by Gasteiger charge is -2.24. The summed E-state index contributed by atoms with van der Waals surface area (Å²) in [5, 5.41) is 0. The summed E-state index contributed by atoms with van der Waals surface area (Å²) in [6.07, 6.45) is 4.43. The number of hydrogen-bond donors (Lipinski definition) is 1. The van der Waals surface area contributed by atoms with Crippen molar-refractivity contribution in [2.75, 3.05) is 18.0 Å². The van der Waals surface area contributed by atoms with E-state index in [2.05, 4.69) is 33.9 Å². The highest BCUT2D eigenvalue weighted by molar-refractivity contribution is 5.61. The van der Waals surface area contributed by atoms with Gasteiger partial charge in [0.05, 0.1) is 0 Å². The molecule has 2 aromatic rings. The first kappa shape index (κ1) is 12.5. The summed E-state index contributed by atoms with van der Waals surface area (Å²) in [6, 6.07) is 10.1. The first-order chi connectivity index (χ1) is 8.83. The van der Waals surface area contributed by atoms with Crippen LogP contribution < -0.4 is 10.6 Å². The van der Waals surface area contributed by atoms with Gasteiger partial charge in [-0.2, -0.15) is 0 Å². The van der Waals surface area contributed by atoms with Gasteiger partial charge in [0.25, 0.3) is 0 Å². The largest absolute Gasteiger partial charge is 0.330 e. The lowest BCUT2D eigenvalue weighted by atomic mass is 10.2. The van der Waals surface area contributed by atoms with Gasteiger partial charge >= 0.3 is 0 Å². The van der Waals surface area contributed by atoms with Gasteiger partial charge in [-0.1, -0.05) is 18.2 Å². The monoisotopic (exact) mass is 242 g/mol. The molecule has 0 aliphatic heterocycles. The van der Waals surface area contributed by atoms with E-state index in [9.17, 15) is 0 Å². The van der Waals surface area contributed by atoms with Crippen LogP contribution in [0.5, 0.6) is 0 Å². The van der Waals surface area contributed by atoms with Crippen molar-refractivity contribution in [1.82, 2.24) is 9.97 Å². The predicted octanol–water partition coefficient (Wildman–Crippen LogP) is 2.27. The van der Waals surface area contributed by atoms with Crippen molar-refractivity contribution in [2.45, 2.75) is 13.3 Å². The molecule has 0 atom stereocenters. The van der Waals surface area contributed by atoms with E-state index in [0.717, 1.165) is 24.6 Å². The minimum Gasteiger partial charge on any atom is -0.330 e. The Labute approximate surface area is 107 Å². The average molecular weight is 242 g/mol. The van der Waals surface area contributed by atoms with Crippen molar-refractivity contribution in [2.24, 2.45) is 5.73 Å². The molecule has 4 heteroatoms. The minimum absolute atomic E-state index is 0.662. The van der Waals surface area contributed by atoms with Crippen molar-refractivity contribution in [3.8, 4) is 0 Å². The van der Waals surface area contributed by atoms with Crippen LogP contribution in [0.2, 0.25) is 0 Å². The summed E-state index contributed by atoms with van der Waals surface area (Å²) in [5.74, 6) is 0.722. The summed E-state index contributed by atoms with van der Waals surface area (Å²) in [4.78, 5) is 10.8. The van der Waals surface area contributed by atoms with E-state index in [1.165, 1.54) is 5.56 Å². The van der Waals surface area contributed by atoms with Crippen LogP contribution in [-0.4, -0.2) is 23.1 Å². The third kappa shape index (κ3) is 2.84. The number of nitrogens with two attached hydrogens (primary N) is 1. The molecule has 1 aromatic carbocycles. The van der Waals surface area contributed by atoms with E-state index in [1.54, 1.807) is 12.4 Å². The molecule has 2 rings (SSSR count). The van der Waals surface area contributed by atoms with E-state index < -0.39 is 0 Å². The van der Waals surface area contributed by atoms with Gasteiger partial charge in [0.15, 0.2) is 0 Å². The van der Waals surface area contributed by atoms with E-state index >= 15 is 0 Å². The smallest absolute Gasteiger partial charge is 0.229 e. The summed E-state index contributed by atoms with van der Waals surface area (Å²) in [6.45, 7) is 3.58. The van der Waals surface area contributed by atoms with Gasteiger partial charge < -0.3 is 10.6 Å². The van der Waals surface area contributed by atoms with Crippen LogP contribution in [0.25, 0.3) is 0 Å². The second-order valence-electron chi connectivity index (χ2n) is 4.13. The number of nitrogens with zero attached hydrogens (tertiary/aromatic N) is 3. The molecule has 0 saturated heterocycles. The lowest BCUT2D eigenvalue weighted by molar-refractivity contribution is 0.797. The Morgan fingerprint density at radius 3 is 2.50 bits per heavy atom. The SMILES string of the molecule is Cc1ccccc1N(CCCN)c1ncccn1. The zero-order chi connectivity index (χ0) is 12.8. The van der Waals surface area contributed by atoms with E-state index in [4.69, 9.17) is 5.73 Å². The minimum atomic E-state index is 0.662. The molecule has 0 fully saturated rings.